The summed E-state index contributed by atoms with van der Waals surface area (Å²) in [7, 11) is 1.78. The Morgan fingerprint density at radius 1 is 1.18 bits per heavy atom. The van der Waals surface area contributed by atoms with E-state index in [-0.39, 0.29) is 24.0 Å². The topological polar surface area (TPSA) is 67.8 Å². The van der Waals surface area contributed by atoms with Crippen LogP contribution < -0.4 is 10.6 Å². The summed E-state index contributed by atoms with van der Waals surface area (Å²) < 4.78 is 10.9. The molecule has 0 radical (unpaired) electrons. The number of ether oxygens (including phenoxy) is 2. The second-order valence-corrected chi connectivity index (χ2v) is 7.09. The first-order valence-electron chi connectivity index (χ1n) is 9.30. The summed E-state index contributed by atoms with van der Waals surface area (Å²) in [5.74, 6) is 0.792. The minimum absolute atomic E-state index is 0. The SMILES string of the molecule is CCOCCOCc1cccc(CNC(=NC)NCCc2csc(C)n2)c1.I. The number of thiazole rings is 1. The third kappa shape index (κ3) is 9.81. The second kappa shape index (κ2) is 14.7. The first-order valence-corrected chi connectivity index (χ1v) is 10.2. The Kier molecular flexibility index (Phi) is 13.0. The molecule has 1 heterocycles. The summed E-state index contributed by atoms with van der Waals surface area (Å²) in [6, 6.07) is 8.38. The molecule has 2 aromatic rings. The predicted molar refractivity (Wildman–Crippen MR) is 127 cm³/mol. The van der Waals surface area contributed by atoms with E-state index in [0.717, 1.165) is 41.8 Å². The number of benzene rings is 1. The van der Waals surface area contributed by atoms with Crippen LogP contribution >= 0.6 is 35.3 Å². The standard InChI is InChI=1S/C20H30N4O2S.HI/c1-4-25-10-11-26-14-18-7-5-6-17(12-18)13-23-20(21-3)22-9-8-19-15-27-16(2)24-19;/h5-7,12,15H,4,8-11,13-14H2,1-3H3,(H2,21,22,23);1H. The summed E-state index contributed by atoms with van der Waals surface area (Å²) in [6.45, 7) is 8.11. The van der Waals surface area contributed by atoms with Gasteiger partial charge in [0, 0.05) is 38.5 Å². The van der Waals surface area contributed by atoms with Gasteiger partial charge in [-0.3, -0.25) is 4.99 Å². The van der Waals surface area contributed by atoms with Crippen molar-refractivity contribution in [1.29, 1.82) is 0 Å². The largest absolute Gasteiger partial charge is 0.379 e. The summed E-state index contributed by atoms with van der Waals surface area (Å²) in [4.78, 5) is 8.75. The monoisotopic (exact) mass is 518 g/mol. The Hall–Kier alpha value is -1.23. The van der Waals surface area contributed by atoms with Crippen LogP contribution in [0.4, 0.5) is 0 Å². The van der Waals surface area contributed by atoms with Gasteiger partial charge < -0.3 is 20.1 Å². The lowest BCUT2D eigenvalue weighted by Crippen LogP contribution is -2.37. The molecule has 0 fully saturated rings. The van der Waals surface area contributed by atoms with E-state index in [1.54, 1.807) is 18.4 Å². The summed E-state index contributed by atoms with van der Waals surface area (Å²) >= 11 is 1.69. The molecule has 156 valence electrons. The van der Waals surface area contributed by atoms with Crippen LogP contribution in [0.2, 0.25) is 0 Å². The van der Waals surface area contributed by atoms with Crippen LogP contribution in [0, 0.1) is 6.92 Å². The number of nitrogens with one attached hydrogen (secondary N) is 2. The van der Waals surface area contributed by atoms with Crippen molar-refractivity contribution in [2.24, 2.45) is 4.99 Å². The van der Waals surface area contributed by atoms with Gasteiger partial charge in [0.25, 0.3) is 0 Å². The quantitative estimate of drug-likeness (QED) is 0.206. The minimum atomic E-state index is 0. The summed E-state index contributed by atoms with van der Waals surface area (Å²) in [5, 5.41) is 9.89. The fourth-order valence-electron chi connectivity index (χ4n) is 2.52. The molecular weight excluding hydrogens is 487 g/mol. The number of rotatable bonds is 11. The van der Waals surface area contributed by atoms with Gasteiger partial charge in [-0.25, -0.2) is 4.98 Å². The molecule has 0 aliphatic rings. The Balaban J connectivity index is 0.00000392. The summed E-state index contributed by atoms with van der Waals surface area (Å²) in [6.07, 6.45) is 0.889. The molecule has 0 saturated carbocycles. The van der Waals surface area contributed by atoms with Crippen LogP contribution in [-0.2, 0) is 29.0 Å². The van der Waals surface area contributed by atoms with Gasteiger partial charge in [0.15, 0.2) is 5.96 Å². The van der Waals surface area contributed by atoms with Crippen LogP contribution in [0.5, 0.6) is 0 Å². The maximum absolute atomic E-state index is 5.63. The van der Waals surface area contributed by atoms with E-state index < -0.39 is 0 Å². The number of aliphatic imine (C=N–C) groups is 1. The predicted octanol–water partition coefficient (Wildman–Crippen LogP) is 3.53. The van der Waals surface area contributed by atoms with Crippen molar-refractivity contribution in [2.75, 3.05) is 33.4 Å². The van der Waals surface area contributed by atoms with Gasteiger partial charge >= 0.3 is 0 Å². The normalized spacial score (nSPS) is 11.2. The van der Waals surface area contributed by atoms with E-state index in [4.69, 9.17) is 9.47 Å². The first-order chi connectivity index (χ1) is 13.2. The van der Waals surface area contributed by atoms with Crippen molar-refractivity contribution in [3.63, 3.8) is 0 Å². The highest BCUT2D eigenvalue weighted by Gasteiger charge is 2.02. The molecule has 0 atom stereocenters. The molecule has 0 spiro atoms. The van der Waals surface area contributed by atoms with E-state index >= 15 is 0 Å². The Morgan fingerprint density at radius 2 is 1.96 bits per heavy atom. The van der Waals surface area contributed by atoms with Crippen molar-refractivity contribution >= 4 is 41.3 Å². The summed E-state index contributed by atoms with van der Waals surface area (Å²) in [5.41, 5.74) is 3.48. The van der Waals surface area contributed by atoms with Crippen LogP contribution in [0.15, 0.2) is 34.6 Å². The van der Waals surface area contributed by atoms with Gasteiger partial charge in [-0.1, -0.05) is 24.3 Å². The first kappa shape index (κ1) is 24.8. The zero-order valence-corrected chi connectivity index (χ0v) is 20.0. The molecule has 0 unspecified atom stereocenters. The van der Waals surface area contributed by atoms with Gasteiger partial charge in [0.1, 0.15) is 0 Å². The fraction of sp³-hybridized carbons (Fsp3) is 0.500. The van der Waals surface area contributed by atoms with Gasteiger partial charge in [-0.2, -0.15) is 0 Å². The van der Waals surface area contributed by atoms with E-state index in [1.807, 2.05) is 13.8 Å². The molecule has 0 bridgehead atoms. The average Bonchev–Trinajstić information content (AvgIpc) is 3.10. The van der Waals surface area contributed by atoms with E-state index in [0.29, 0.717) is 26.4 Å². The Bertz CT molecular complexity index is 709. The molecule has 28 heavy (non-hydrogen) atoms. The van der Waals surface area contributed by atoms with Crippen molar-refractivity contribution in [2.45, 2.75) is 33.4 Å². The number of hydrogen-bond donors (Lipinski definition) is 2. The number of hydrogen-bond acceptors (Lipinski definition) is 5. The molecule has 0 amide bonds. The van der Waals surface area contributed by atoms with Crippen molar-refractivity contribution < 1.29 is 9.47 Å². The van der Waals surface area contributed by atoms with Gasteiger partial charge in [-0.05, 0) is 25.0 Å². The maximum atomic E-state index is 5.63. The smallest absolute Gasteiger partial charge is 0.191 e. The highest BCUT2D eigenvalue weighted by Crippen LogP contribution is 2.08. The lowest BCUT2D eigenvalue weighted by molar-refractivity contribution is 0.0453. The highest BCUT2D eigenvalue weighted by atomic mass is 127. The minimum Gasteiger partial charge on any atom is -0.379 e. The number of nitrogens with zero attached hydrogens (tertiary/aromatic N) is 2. The number of guanidine groups is 1. The lowest BCUT2D eigenvalue weighted by Gasteiger charge is -2.12. The van der Waals surface area contributed by atoms with Crippen LogP contribution in [0.25, 0.3) is 0 Å². The number of halogens is 1. The highest BCUT2D eigenvalue weighted by molar-refractivity contribution is 14.0. The third-order valence-electron chi connectivity index (χ3n) is 3.86. The van der Waals surface area contributed by atoms with Gasteiger partial charge in [-0.15, -0.1) is 35.3 Å². The molecule has 1 aromatic carbocycles. The molecule has 2 rings (SSSR count). The van der Waals surface area contributed by atoms with Gasteiger partial charge in [0.2, 0.25) is 0 Å². The molecule has 0 aliphatic carbocycles. The molecule has 0 aliphatic heterocycles. The van der Waals surface area contributed by atoms with Crippen LogP contribution in [-0.4, -0.2) is 44.4 Å². The van der Waals surface area contributed by atoms with Crippen molar-refractivity contribution in [1.82, 2.24) is 15.6 Å². The second-order valence-electron chi connectivity index (χ2n) is 6.03. The molecule has 6 nitrogen and oxygen atoms in total. The van der Waals surface area contributed by atoms with Crippen LogP contribution in [0.1, 0.15) is 28.8 Å². The number of aryl methyl sites for hydroxylation is 1. The van der Waals surface area contributed by atoms with Crippen molar-refractivity contribution in [3.05, 3.63) is 51.5 Å². The Labute approximate surface area is 189 Å². The molecule has 2 N–H and O–H groups in total. The third-order valence-corrected chi connectivity index (χ3v) is 4.68. The van der Waals surface area contributed by atoms with E-state index in [2.05, 4.69) is 50.3 Å². The molecule has 1 aromatic heterocycles. The van der Waals surface area contributed by atoms with E-state index in [9.17, 15) is 0 Å². The van der Waals surface area contributed by atoms with E-state index in [1.165, 1.54) is 5.56 Å². The van der Waals surface area contributed by atoms with Gasteiger partial charge in [0.05, 0.1) is 30.5 Å². The number of aromatic nitrogens is 1. The van der Waals surface area contributed by atoms with Crippen LogP contribution in [0.3, 0.4) is 0 Å². The Morgan fingerprint density at radius 3 is 2.68 bits per heavy atom. The maximum Gasteiger partial charge on any atom is 0.191 e. The zero-order valence-electron chi connectivity index (χ0n) is 16.9. The lowest BCUT2D eigenvalue weighted by atomic mass is 10.1. The zero-order chi connectivity index (χ0) is 19.3. The molecule has 0 saturated heterocycles. The molecule has 8 heteroatoms. The molecular formula is C20H31IN4O2S. The fourth-order valence-corrected chi connectivity index (χ4v) is 3.17. The van der Waals surface area contributed by atoms with Crippen molar-refractivity contribution in [3.8, 4) is 0 Å². The average molecular weight is 518 g/mol.